The lowest BCUT2D eigenvalue weighted by molar-refractivity contribution is 0.112. The molecule has 2 aromatic rings. The van der Waals surface area contributed by atoms with Crippen LogP contribution in [0.25, 0.3) is 0 Å². The van der Waals surface area contributed by atoms with E-state index >= 15 is 0 Å². The minimum absolute atomic E-state index is 0.339. The maximum Gasteiger partial charge on any atom is 0.152 e. The molecule has 0 amide bonds. The summed E-state index contributed by atoms with van der Waals surface area (Å²) >= 11 is 0. The maximum absolute atomic E-state index is 14.1. The fourth-order valence-corrected chi connectivity index (χ4v) is 2.18. The first-order valence-corrected chi connectivity index (χ1v) is 6.25. The van der Waals surface area contributed by atoms with Crippen molar-refractivity contribution in [2.75, 3.05) is 11.4 Å². The van der Waals surface area contributed by atoms with Gasteiger partial charge in [0.2, 0.25) is 0 Å². The highest BCUT2D eigenvalue weighted by Gasteiger charge is 2.16. The second-order valence-corrected chi connectivity index (χ2v) is 4.38. The third-order valence-corrected chi connectivity index (χ3v) is 3.04. The van der Waals surface area contributed by atoms with Gasteiger partial charge in [-0.15, -0.1) is 0 Å². The van der Waals surface area contributed by atoms with Crippen LogP contribution in [0.4, 0.5) is 15.8 Å². The van der Waals surface area contributed by atoms with Crippen molar-refractivity contribution in [2.24, 2.45) is 0 Å². The average molecular weight is 257 g/mol. The van der Waals surface area contributed by atoms with Crippen LogP contribution in [0.2, 0.25) is 0 Å². The van der Waals surface area contributed by atoms with E-state index in [4.69, 9.17) is 0 Å². The van der Waals surface area contributed by atoms with Crippen LogP contribution in [-0.4, -0.2) is 12.8 Å². The number of benzene rings is 2. The Morgan fingerprint density at radius 2 is 1.95 bits per heavy atom. The van der Waals surface area contributed by atoms with E-state index in [0.29, 0.717) is 24.1 Å². The summed E-state index contributed by atoms with van der Waals surface area (Å²) in [5.74, 6) is -0.382. The number of anilines is 2. The molecule has 0 atom stereocenters. The summed E-state index contributed by atoms with van der Waals surface area (Å²) in [6, 6.07) is 12.4. The largest absolute Gasteiger partial charge is 0.339 e. The molecule has 19 heavy (non-hydrogen) atoms. The lowest BCUT2D eigenvalue weighted by Gasteiger charge is -2.25. The second kappa shape index (κ2) is 5.65. The first-order valence-electron chi connectivity index (χ1n) is 6.25. The van der Waals surface area contributed by atoms with Crippen LogP contribution in [0, 0.1) is 12.7 Å². The van der Waals surface area contributed by atoms with E-state index in [2.05, 4.69) is 0 Å². The van der Waals surface area contributed by atoms with Crippen LogP contribution in [0.1, 0.15) is 22.8 Å². The minimum Gasteiger partial charge on any atom is -0.339 e. The van der Waals surface area contributed by atoms with Crippen molar-refractivity contribution in [3.05, 3.63) is 59.4 Å². The molecule has 0 aliphatic heterocycles. The summed E-state index contributed by atoms with van der Waals surface area (Å²) in [4.78, 5) is 12.9. The molecule has 0 radical (unpaired) electrons. The van der Waals surface area contributed by atoms with E-state index in [1.54, 1.807) is 12.1 Å². The highest BCUT2D eigenvalue weighted by Crippen LogP contribution is 2.30. The molecule has 0 bridgehead atoms. The Kier molecular flexibility index (Phi) is 3.95. The zero-order valence-corrected chi connectivity index (χ0v) is 11.1. The normalized spacial score (nSPS) is 10.3. The Bertz CT molecular complexity index is 595. The number of rotatable bonds is 4. The van der Waals surface area contributed by atoms with Gasteiger partial charge >= 0.3 is 0 Å². The highest BCUT2D eigenvalue weighted by atomic mass is 19.1. The van der Waals surface area contributed by atoms with Gasteiger partial charge in [-0.25, -0.2) is 4.39 Å². The van der Waals surface area contributed by atoms with Crippen molar-refractivity contribution in [1.82, 2.24) is 0 Å². The van der Waals surface area contributed by atoms with Gasteiger partial charge in [0, 0.05) is 17.8 Å². The topological polar surface area (TPSA) is 20.3 Å². The third-order valence-electron chi connectivity index (χ3n) is 3.04. The number of hydrogen-bond donors (Lipinski definition) is 0. The van der Waals surface area contributed by atoms with Gasteiger partial charge in [0.1, 0.15) is 5.82 Å². The van der Waals surface area contributed by atoms with Gasteiger partial charge in [-0.1, -0.05) is 18.2 Å². The number of halogens is 1. The van der Waals surface area contributed by atoms with E-state index in [1.165, 1.54) is 6.07 Å². The number of aryl methyl sites for hydroxylation is 1. The molecular formula is C16H16FNO. The minimum atomic E-state index is -0.382. The van der Waals surface area contributed by atoms with Crippen LogP contribution < -0.4 is 4.90 Å². The van der Waals surface area contributed by atoms with Crippen LogP contribution in [0.15, 0.2) is 42.5 Å². The fraction of sp³-hybridized carbons (Fsp3) is 0.188. The molecule has 0 aliphatic carbocycles. The van der Waals surface area contributed by atoms with Crippen LogP contribution in [0.5, 0.6) is 0 Å². The van der Waals surface area contributed by atoms with Gasteiger partial charge < -0.3 is 4.90 Å². The van der Waals surface area contributed by atoms with E-state index in [0.717, 1.165) is 11.3 Å². The van der Waals surface area contributed by atoms with Gasteiger partial charge in [-0.3, -0.25) is 4.79 Å². The predicted molar refractivity (Wildman–Crippen MR) is 75.6 cm³/mol. The molecule has 0 saturated carbocycles. The van der Waals surface area contributed by atoms with Crippen molar-refractivity contribution in [2.45, 2.75) is 13.8 Å². The molecule has 0 spiro atoms. The highest BCUT2D eigenvalue weighted by molar-refractivity contribution is 5.87. The molecule has 3 heteroatoms. The van der Waals surface area contributed by atoms with Gasteiger partial charge in [-0.05, 0) is 43.7 Å². The number of nitrogens with zero attached hydrogens (tertiary/aromatic N) is 1. The Labute approximate surface area is 112 Å². The Morgan fingerprint density at radius 3 is 2.58 bits per heavy atom. The second-order valence-electron chi connectivity index (χ2n) is 4.38. The zero-order valence-electron chi connectivity index (χ0n) is 11.1. The number of para-hydroxylation sites is 1. The van der Waals surface area contributed by atoms with Gasteiger partial charge in [-0.2, -0.15) is 0 Å². The molecule has 98 valence electrons. The van der Waals surface area contributed by atoms with Gasteiger partial charge in [0.15, 0.2) is 6.29 Å². The molecule has 0 heterocycles. The van der Waals surface area contributed by atoms with Gasteiger partial charge in [0.25, 0.3) is 0 Å². The number of aldehydes is 1. The quantitative estimate of drug-likeness (QED) is 0.768. The molecule has 0 fully saturated rings. The van der Waals surface area contributed by atoms with E-state index < -0.39 is 0 Å². The van der Waals surface area contributed by atoms with E-state index in [9.17, 15) is 9.18 Å². The summed E-state index contributed by atoms with van der Waals surface area (Å²) in [6.45, 7) is 4.51. The van der Waals surface area contributed by atoms with Crippen molar-refractivity contribution in [3.63, 3.8) is 0 Å². The summed E-state index contributed by atoms with van der Waals surface area (Å²) < 4.78 is 14.1. The first-order chi connectivity index (χ1) is 9.17. The molecule has 0 saturated heterocycles. The first kappa shape index (κ1) is 13.3. The molecule has 2 nitrogen and oxygen atoms in total. The lowest BCUT2D eigenvalue weighted by atomic mass is 10.1. The molecule has 2 rings (SSSR count). The van der Waals surface area contributed by atoms with Gasteiger partial charge in [0.05, 0.1) is 5.69 Å². The predicted octanol–water partition coefficient (Wildman–Crippen LogP) is 4.10. The molecule has 0 aromatic heterocycles. The van der Waals surface area contributed by atoms with E-state index in [-0.39, 0.29) is 5.82 Å². The maximum atomic E-state index is 14.1. The summed E-state index contributed by atoms with van der Waals surface area (Å²) in [7, 11) is 0. The molecule has 0 N–H and O–H groups in total. The number of carbonyl (C=O) groups excluding carboxylic acids is 1. The van der Waals surface area contributed by atoms with Crippen LogP contribution in [0.3, 0.4) is 0 Å². The van der Waals surface area contributed by atoms with Crippen molar-refractivity contribution in [3.8, 4) is 0 Å². The molecule has 0 unspecified atom stereocenters. The van der Waals surface area contributed by atoms with E-state index in [1.807, 2.05) is 43.0 Å². The summed E-state index contributed by atoms with van der Waals surface area (Å²) in [6.07, 6.45) is 0.691. The standard InChI is InChI=1S/C16H16FNO/c1-3-18(14-8-4-6-12(2)10-14)16-13(11-19)7-5-9-15(16)17/h4-11H,3H2,1-2H3. The number of carbonyl (C=O) groups is 1. The van der Waals surface area contributed by atoms with Crippen LogP contribution in [-0.2, 0) is 0 Å². The fourth-order valence-electron chi connectivity index (χ4n) is 2.18. The molecule has 2 aromatic carbocycles. The van der Waals surface area contributed by atoms with Crippen molar-refractivity contribution >= 4 is 17.7 Å². The third kappa shape index (κ3) is 2.65. The average Bonchev–Trinajstić information content (AvgIpc) is 2.41. The SMILES string of the molecule is CCN(c1cccc(C)c1)c1c(F)cccc1C=O. The zero-order chi connectivity index (χ0) is 13.8. The Morgan fingerprint density at radius 1 is 1.21 bits per heavy atom. The summed E-state index contributed by atoms with van der Waals surface area (Å²) in [5, 5.41) is 0. The lowest BCUT2D eigenvalue weighted by Crippen LogP contribution is -2.19. The Balaban J connectivity index is 2.57. The smallest absolute Gasteiger partial charge is 0.152 e. The van der Waals surface area contributed by atoms with Crippen LogP contribution >= 0.6 is 0 Å². The van der Waals surface area contributed by atoms with Crippen molar-refractivity contribution in [1.29, 1.82) is 0 Å². The Hall–Kier alpha value is -2.16. The number of hydrogen-bond acceptors (Lipinski definition) is 2. The molecule has 0 aliphatic rings. The molecular weight excluding hydrogens is 241 g/mol. The van der Waals surface area contributed by atoms with Crippen molar-refractivity contribution < 1.29 is 9.18 Å². The summed E-state index contributed by atoms with van der Waals surface area (Å²) in [5.41, 5.74) is 2.68. The monoisotopic (exact) mass is 257 g/mol.